The van der Waals surface area contributed by atoms with Gasteiger partial charge in [0, 0.05) is 30.7 Å². The van der Waals surface area contributed by atoms with E-state index in [1.807, 2.05) is 13.8 Å². The van der Waals surface area contributed by atoms with Gasteiger partial charge in [-0.2, -0.15) is 6.92 Å². The van der Waals surface area contributed by atoms with Crippen molar-refractivity contribution < 1.29 is 56.1 Å². The van der Waals surface area contributed by atoms with Crippen LogP contribution in [0.5, 0.6) is 0 Å². The minimum absolute atomic E-state index is 0. The van der Waals surface area contributed by atoms with Crippen LogP contribution in [-0.2, 0) is 49.7 Å². The molecule has 2 amide bonds. The number of methoxy groups -OCH3 is 1. The van der Waals surface area contributed by atoms with Crippen LogP contribution in [0.15, 0.2) is 11.1 Å². The van der Waals surface area contributed by atoms with Gasteiger partial charge < -0.3 is 26.7 Å². The first-order valence-electron chi connectivity index (χ1n) is 10.3. The molecule has 0 aromatic carbocycles. The van der Waals surface area contributed by atoms with Crippen LogP contribution in [0.25, 0.3) is 0 Å². The summed E-state index contributed by atoms with van der Waals surface area (Å²) in [5, 5.41) is 7.44. The molecule has 2 unspecified atom stereocenters. The second kappa shape index (κ2) is 16.5. The third kappa shape index (κ3) is 11.4. The molecule has 3 aliphatic heterocycles. The normalized spacial score (nSPS) is 23.1. The molecule has 0 radical (unpaired) electrons. The number of hydrogen-bond donors (Lipinski definition) is 1. The van der Waals surface area contributed by atoms with Crippen LogP contribution < -0.4 is 0 Å². The van der Waals surface area contributed by atoms with Gasteiger partial charge in [0.15, 0.2) is 0 Å². The molecule has 3 aliphatic rings. The first-order valence-corrected chi connectivity index (χ1v) is 9.63. The Morgan fingerprint density at radius 3 is 1.74 bits per heavy atom. The first-order chi connectivity index (χ1) is 14.4. The van der Waals surface area contributed by atoms with E-state index in [1.165, 1.54) is 7.05 Å². The van der Waals surface area contributed by atoms with Crippen LogP contribution in [0.3, 0.4) is 0 Å². The molecule has 3 heterocycles. The SMILES string of the molecule is CC1=C(C)C(=O)N(C)C1=O.CC1CC(C)C(=O)O1.COCC1(C)COC1.C[CH-]O.[2H][CH2-].[W+2]. The van der Waals surface area contributed by atoms with Gasteiger partial charge in [-0.25, -0.2) is 7.98 Å². The van der Waals surface area contributed by atoms with Crippen molar-refractivity contribution in [2.24, 2.45) is 11.3 Å². The molecule has 0 bridgehead atoms. The Morgan fingerprint density at radius 2 is 1.65 bits per heavy atom. The van der Waals surface area contributed by atoms with Crippen LogP contribution >= 0.6 is 0 Å². The van der Waals surface area contributed by atoms with E-state index < -0.39 is 0 Å². The largest absolute Gasteiger partial charge is 2.00 e. The number of rotatable bonds is 2. The van der Waals surface area contributed by atoms with Gasteiger partial charge in [0.2, 0.25) is 0 Å². The van der Waals surface area contributed by atoms with E-state index in [0.29, 0.717) is 16.6 Å². The van der Waals surface area contributed by atoms with Crippen molar-refractivity contribution in [2.45, 2.75) is 54.1 Å². The van der Waals surface area contributed by atoms with Crippen LogP contribution in [-0.4, -0.2) is 67.9 Å². The fraction of sp³-hybridized carbons (Fsp3) is 0.682. The van der Waals surface area contributed by atoms with Crippen LogP contribution in [0.2, 0.25) is 0 Å². The molecule has 0 aromatic heterocycles. The molecule has 31 heavy (non-hydrogen) atoms. The molecule has 0 spiro atoms. The average molecular weight is 614 g/mol. The molecule has 0 aliphatic carbocycles. The minimum atomic E-state index is -0.178. The number of nitrogens with zero attached hydrogens (tertiary/aromatic N) is 1. The second-order valence-corrected chi connectivity index (χ2v) is 7.80. The van der Waals surface area contributed by atoms with Crippen molar-refractivity contribution in [3.8, 4) is 0 Å². The van der Waals surface area contributed by atoms with Crippen molar-refractivity contribution in [2.75, 3.05) is 34.0 Å². The second-order valence-electron chi connectivity index (χ2n) is 7.80. The monoisotopic (exact) mass is 614 g/mol. The number of aliphatic hydroxyl groups excluding tert-OH is 1. The zero-order valence-electron chi connectivity index (χ0n) is 21.0. The fourth-order valence-corrected chi connectivity index (χ4v) is 2.76. The number of carbonyl (C=O) groups is 3. The quantitative estimate of drug-likeness (QED) is 0.290. The zero-order valence-corrected chi connectivity index (χ0v) is 23.0. The van der Waals surface area contributed by atoms with Crippen molar-refractivity contribution in [1.29, 1.82) is 0 Å². The summed E-state index contributed by atoms with van der Waals surface area (Å²) in [4.78, 5) is 33.6. The van der Waals surface area contributed by atoms with E-state index in [-0.39, 0.29) is 50.9 Å². The Hall–Kier alpha value is -1.08. The minimum Gasteiger partial charge on any atom is -0.566 e. The van der Waals surface area contributed by atoms with E-state index in [9.17, 15) is 14.4 Å². The molecule has 0 saturated carbocycles. The van der Waals surface area contributed by atoms with Crippen molar-refractivity contribution in [3.63, 3.8) is 0 Å². The molecular weight excluding hydrogens is 574 g/mol. The van der Waals surface area contributed by atoms with Gasteiger partial charge in [-0.15, -0.1) is 0 Å². The molecule has 3 rings (SSSR count). The Kier molecular flexibility index (Phi) is 17.1. The maximum Gasteiger partial charge on any atom is 2.00 e. The predicted molar refractivity (Wildman–Crippen MR) is 115 cm³/mol. The van der Waals surface area contributed by atoms with E-state index >= 15 is 0 Å². The number of aliphatic hydroxyl groups is 1. The Morgan fingerprint density at radius 1 is 1.23 bits per heavy atom. The maximum atomic E-state index is 11.0. The van der Waals surface area contributed by atoms with E-state index in [4.69, 9.17) is 20.7 Å². The molecule has 0 aromatic rings. The summed E-state index contributed by atoms with van der Waals surface area (Å²) >= 11 is 0. The van der Waals surface area contributed by atoms with Crippen LogP contribution in [0.4, 0.5) is 0 Å². The number of hydrogen-bond acceptors (Lipinski definition) is 7. The van der Waals surface area contributed by atoms with Crippen LogP contribution in [0.1, 0.15) is 49.3 Å². The summed E-state index contributed by atoms with van der Waals surface area (Å²) in [6.45, 7) is 14.4. The van der Waals surface area contributed by atoms with Gasteiger partial charge >= 0.3 is 27.0 Å². The maximum absolute atomic E-state index is 11.0. The number of carbonyl (C=O) groups excluding carboxylic acids is 3. The van der Waals surface area contributed by atoms with Gasteiger partial charge in [-0.1, -0.05) is 13.8 Å². The smallest absolute Gasteiger partial charge is 0.566 e. The van der Waals surface area contributed by atoms with Gasteiger partial charge in [-0.3, -0.25) is 19.3 Å². The summed E-state index contributed by atoms with van der Waals surface area (Å²) in [5.41, 5.74) is 1.45. The van der Waals surface area contributed by atoms with Crippen molar-refractivity contribution >= 4 is 17.8 Å². The van der Waals surface area contributed by atoms with Crippen LogP contribution in [0, 0.1) is 25.3 Å². The number of cyclic esters (lactones) is 1. The van der Waals surface area contributed by atoms with E-state index in [1.54, 1.807) is 27.9 Å². The van der Waals surface area contributed by atoms with Gasteiger partial charge in [0.05, 0.1) is 31.8 Å². The first kappa shape index (κ1) is 32.1. The van der Waals surface area contributed by atoms with Crippen molar-refractivity contribution in [1.82, 2.24) is 4.90 Å². The van der Waals surface area contributed by atoms with E-state index in [0.717, 1.165) is 37.7 Å². The third-order valence-electron chi connectivity index (χ3n) is 4.61. The molecule has 1 N–H and O–H groups in total. The Labute approximate surface area is 203 Å². The zero-order chi connectivity index (χ0) is 24.8. The van der Waals surface area contributed by atoms with E-state index in [2.05, 4.69) is 14.3 Å². The summed E-state index contributed by atoms with van der Waals surface area (Å²) < 4.78 is 20.3. The van der Waals surface area contributed by atoms with Crippen molar-refractivity contribution in [3.05, 3.63) is 25.2 Å². The Balaban J connectivity index is -0.000000355. The number of esters is 1. The number of likely N-dealkylation sites (N-methyl/N-ethyl adjacent to an activating group) is 1. The summed E-state index contributed by atoms with van der Waals surface area (Å²) in [6.07, 6.45) is 1.04. The van der Waals surface area contributed by atoms with Gasteiger partial charge in [0.25, 0.3) is 11.8 Å². The van der Waals surface area contributed by atoms with Gasteiger partial charge in [0.1, 0.15) is 0 Å². The summed E-state index contributed by atoms with van der Waals surface area (Å²) in [5.74, 6) is -0.271. The Bertz CT molecular complexity index is 585. The molecule has 2 atom stereocenters. The standard InChI is InChI=1S/C7H9NO2.C6H12O2.C6H10O2.C2H5O.CH3.W/c1-4-5(2)7(10)8(3)6(4)9;1-6(3-7-2)4-8-5-6;1-4-3-5(2)8-6(4)7;1-2-3;;/h1-3H3;3-5H2,1-2H3;4-5H,3H2,1-2H3;2-3H,1H3;1H3;/q;;;2*-1;+2/i;;;;1D;. The number of amides is 2. The van der Waals surface area contributed by atoms with Gasteiger partial charge in [-0.05, 0) is 27.2 Å². The summed E-state index contributed by atoms with van der Waals surface area (Å²) in [7, 11) is 5.72. The third-order valence-corrected chi connectivity index (χ3v) is 4.61. The average Bonchev–Trinajstić information content (AvgIpc) is 3.09. The predicted octanol–water partition coefficient (Wildman–Crippen LogP) is 2.94. The fourth-order valence-electron chi connectivity index (χ4n) is 2.76. The molecule has 8 nitrogen and oxygen atoms in total. The number of ether oxygens (including phenoxy) is 3. The topological polar surface area (TPSA) is 102 Å². The molecule has 2 fully saturated rings. The molecular formula is C22H39NO7W. The summed E-state index contributed by atoms with van der Waals surface area (Å²) in [6, 6.07) is 0. The molecule has 2 saturated heterocycles. The number of imide groups is 1. The molecule has 180 valence electrons. The molecule has 9 heteroatoms.